The normalized spacial score (nSPS) is 21.3. The first kappa shape index (κ1) is 16.2. The Kier molecular flexibility index (Phi) is 5.56. The molecule has 21 heavy (non-hydrogen) atoms. The molecule has 0 radical (unpaired) electrons. The van der Waals surface area contributed by atoms with Crippen LogP contribution in [0.1, 0.15) is 37.4 Å². The molecule has 1 heterocycles. The Labute approximate surface area is 127 Å². The summed E-state index contributed by atoms with van der Waals surface area (Å²) in [6, 6.07) is 9.30. The van der Waals surface area contributed by atoms with Crippen molar-refractivity contribution in [3.63, 3.8) is 0 Å². The molecule has 1 aliphatic heterocycles. The van der Waals surface area contributed by atoms with Crippen molar-refractivity contribution >= 4 is 10.0 Å². The topological polar surface area (TPSA) is 57.6 Å². The minimum absolute atomic E-state index is 0.102. The lowest BCUT2D eigenvalue weighted by Crippen LogP contribution is -2.37. The highest BCUT2D eigenvalue weighted by atomic mass is 32.2. The van der Waals surface area contributed by atoms with Crippen LogP contribution >= 0.6 is 0 Å². The molecular formula is C16H23NO3S. The van der Waals surface area contributed by atoms with Gasteiger partial charge in [-0.2, -0.15) is 4.31 Å². The lowest BCUT2D eigenvalue weighted by Gasteiger charge is -2.26. The van der Waals surface area contributed by atoms with Crippen LogP contribution < -0.4 is 0 Å². The highest BCUT2D eigenvalue weighted by Gasteiger charge is 2.34. The highest BCUT2D eigenvalue weighted by molar-refractivity contribution is 7.89. The maximum absolute atomic E-state index is 12.3. The van der Waals surface area contributed by atoms with Crippen molar-refractivity contribution in [3.8, 4) is 0 Å². The minimum Gasteiger partial charge on any atom is -0.388 e. The standard InChI is InChI=1S/C16H23NO3S/c1-2-3-12-21(19,20)17-11-7-10-15(17)13-16(18)14-8-5-4-6-9-14/h2,4-6,8-9,15-16,18H,1,3,7,10-13H2. The summed E-state index contributed by atoms with van der Waals surface area (Å²) in [6.45, 7) is 4.14. The summed E-state index contributed by atoms with van der Waals surface area (Å²) in [7, 11) is -3.25. The van der Waals surface area contributed by atoms with Crippen LogP contribution in [-0.4, -0.2) is 36.2 Å². The average Bonchev–Trinajstić information content (AvgIpc) is 2.95. The van der Waals surface area contributed by atoms with E-state index in [1.54, 1.807) is 10.4 Å². The lowest BCUT2D eigenvalue weighted by molar-refractivity contribution is 0.142. The number of benzene rings is 1. The van der Waals surface area contributed by atoms with Crippen molar-refractivity contribution < 1.29 is 13.5 Å². The van der Waals surface area contributed by atoms with Crippen molar-refractivity contribution in [2.24, 2.45) is 0 Å². The molecular weight excluding hydrogens is 286 g/mol. The zero-order valence-electron chi connectivity index (χ0n) is 12.2. The van der Waals surface area contributed by atoms with E-state index in [2.05, 4.69) is 6.58 Å². The summed E-state index contributed by atoms with van der Waals surface area (Å²) in [5, 5.41) is 10.3. The van der Waals surface area contributed by atoms with E-state index in [0.29, 0.717) is 19.4 Å². The van der Waals surface area contributed by atoms with Gasteiger partial charge in [0.25, 0.3) is 0 Å². The van der Waals surface area contributed by atoms with E-state index >= 15 is 0 Å². The number of sulfonamides is 1. The van der Waals surface area contributed by atoms with E-state index in [9.17, 15) is 13.5 Å². The Morgan fingerprint density at radius 1 is 1.38 bits per heavy atom. The number of nitrogens with zero attached hydrogens (tertiary/aromatic N) is 1. The Hall–Kier alpha value is -1.17. The second-order valence-corrected chi connectivity index (χ2v) is 7.50. The van der Waals surface area contributed by atoms with Crippen LogP contribution in [0, 0.1) is 0 Å². The second-order valence-electron chi connectivity index (χ2n) is 5.46. The van der Waals surface area contributed by atoms with E-state index in [1.807, 2.05) is 30.3 Å². The van der Waals surface area contributed by atoms with Crippen molar-refractivity contribution in [1.82, 2.24) is 4.31 Å². The van der Waals surface area contributed by atoms with E-state index in [0.717, 1.165) is 18.4 Å². The molecule has 2 unspecified atom stereocenters. The number of rotatable bonds is 7. The van der Waals surface area contributed by atoms with Crippen molar-refractivity contribution in [1.29, 1.82) is 0 Å². The third-order valence-electron chi connectivity index (χ3n) is 3.94. The summed E-state index contributed by atoms with van der Waals surface area (Å²) in [5.74, 6) is 0.106. The van der Waals surface area contributed by atoms with Gasteiger partial charge >= 0.3 is 0 Å². The molecule has 1 saturated heterocycles. The van der Waals surface area contributed by atoms with E-state index in [-0.39, 0.29) is 11.8 Å². The first-order valence-electron chi connectivity index (χ1n) is 7.38. The van der Waals surface area contributed by atoms with Crippen LogP contribution in [0.3, 0.4) is 0 Å². The molecule has 1 N–H and O–H groups in total. The predicted octanol–water partition coefficient (Wildman–Crippen LogP) is 2.48. The van der Waals surface area contributed by atoms with Crippen LogP contribution in [0.15, 0.2) is 43.0 Å². The van der Waals surface area contributed by atoms with Gasteiger partial charge in [0.2, 0.25) is 10.0 Å². The summed E-state index contributed by atoms with van der Waals surface area (Å²) in [6.07, 6.45) is 3.61. The van der Waals surface area contributed by atoms with Gasteiger partial charge in [-0.05, 0) is 31.2 Å². The fourth-order valence-electron chi connectivity index (χ4n) is 2.83. The van der Waals surface area contributed by atoms with Crippen LogP contribution in [-0.2, 0) is 10.0 Å². The van der Waals surface area contributed by atoms with Gasteiger partial charge < -0.3 is 5.11 Å². The van der Waals surface area contributed by atoms with Gasteiger partial charge in [0.05, 0.1) is 11.9 Å². The number of allylic oxidation sites excluding steroid dienone is 1. The molecule has 0 bridgehead atoms. The maximum atomic E-state index is 12.3. The number of hydrogen-bond acceptors (Lipinski definition) is 3. The van der Waals surface area contributed by atoms with E-state index in [4.69, 9.17) is 0 Å². The molecule has 0 saturated carbocycles. The molecule has 2 rings (SSSR count). The Morgan fingerprint density at radius 2 is 2.10 bits per heavy atom. The smallest absolute Gasteiger partial charge is 0.214 e. The van der Waals surface area contributed by atoms with Crippen LogP contribution in [0.5, 0.6) is 0 Å². The molecule has 0 amide bonds. The fraction of sp³-hybridized carbons (Fsp3) is 0.500. The maximum Gasteiger partial charge on any atom is 0.214 e. The molecule has 1 aliphatic rings. The second kappa shape index (κ2) is 7.20. The quantitative estimate of drug-likeness (QED) is 0.787. The van der Waals surface area contributed by atoms with Crippen LogP contribution in [0.2, 0.25) is 0 Å². The van der Waals surface area contributed by atoms with Gasteiger partial charge in [-0.15, -0.1) is 6.58 Å². The van der Waals surface area contributed by atoms with E-state index < -0.39 is 16.1 Å². The molecule has 0 aliphatic carbocycles. The molecule has 0 aromatic heterocycles. The van der Waals surface area contributed by atoms with Gasteiger partial charge in [0, 0.05) is 12.6 Å². The zero-order chi connectivity index (χ0) is 15.3. The van der Waals surface area contributed by atoms with Gasteiger partial charge in [-0.1, -0.05) is 36.4 Å². The van der Waals surface area contributed by atoms with E-state index in [1.165, 1.54) is 0 Å². The first-order valence-corrected chi connectivity index (χ1v) is 8.99. The molecule has 0 spiro atoms. The largest absolute Gasteiger partial charge is 0.388 e. The highest BCUT2D eigenvalue weighted by Crippen LogP contribution is 2.29. The summed E-state index contributed by atoms with van der Waals surface area (Å²) >= 11 is 0. The van der Waals surface area contributed by atoms with Gasteiger partial charge in [-0.25, -0.2) is 8.42 Å². The summed E-state index contributed by atoms with van der Waals surface area (Å²) in [4.78, 5) is 0. The van der Waals surface area contributed by atoms with Crippen LogP contribution in [0.4, 0.5) is 0 Å². The molecule has 4 nitrogen and oxygen atoms in total. The first-order chi connectivity index (χ1) is 10.0. The molecule has 1 fully saturated rings. The fourth-order valence-corrected chi connectivity index (χ4v) is 4.58. The SMILES string of the molecule is C=CCCS(=O)(=O)N1CCCC1CC(O)c1ccccc1. The molecule has 1 aromatic carbocycles. The summed E-state index contributed by atoms with van der Waals surface area (Å²) in [5.41, 5.74) is 0.841. The average molecular weight is 309 g/mol. The monoisotopic (exact) mass is 309 g/mol. The molecule has 1 aromatic rings. The molecule has 2 atom stereocenters. The Morgan fingerprint density at radius 3 is 2.76 bits per heavy atom. The van der Waals surface area contributed by atoms with Crippen LogP contribution in [0.25, 0.3) is 0 Å². The Bertz CT molecular complexity index is 556. The van der Waals surface area contributed by atoms with Gasteiger partial charge in [0.1, 0.15) is 0 Å². The number of hydrogen-bond donors (Lipinski definition) is 1. The minimum atomic E-state index is -3.25. The van der Waals surface area contributed by atoms with Crippen molar-refractivity contribution in [2.75, 3.05) is 12.3 Å². The van der Waals surface area contributed by atoms with Gasteiger partial charge in [0.15, 0.2) is 0 Å². The molecule has 5 heteroatoms. The summed E-state index contributed by atoms with van der Waals surface area (Å²) < 4.78 is 26.2. The lowest BCUT2D eigenvalue weighted by atomic mass is 10.0. The van der Waals surface area contributed by atoms with Gasteiger partial charge in [-0.3, -0.25) is 0 Å². The third-order valence-corrected chi connectivity index (χ3v) is 5.89. The third kappa shape index (κ3) is 4.15. The van der Waals surface area contributed by atoms with Crippen molar-refractivity contribution in [3.05, 3.63) is 48.6 Å². The predicted molar refractivity (Wildman–Crippen MR) is 84.3 cm³/mol. The van der Waals surface area contributed by atoms with Crippen molar-refractivity contribution in [2.45, 2.75) is 37.8 Å². The zero-order valence-corrected chi connectivity index (χ0v) is 13.0. The Balaban J connectivity index is 2.04. The number of aliphatic hydroxyl groups is 1. The number of aliphatic hydroxyl groups excluding tert-OH is 1. The molecule has 116 valence electrons.